The van der Waals surface area contributed by atoms with E-state index in [1.807, 2.05) is 6.07 Å². The van der Waals surface area contributed by atoms with Crippen LogP contribution in [-0.2, 0) is 0 Å². The molecule has 1 N–H and O–H groups in total. The van der Waals surface area contributed by atoms with Crippen LogP contribution in [0, 0.1) is 11.3 Å². The smallest absolute Gasteiger partial charge is 0.0561 e. The van der Waals surface area contributed by atoms with Crippen LogP contribution in [0.4, 0.5) is 0 Å². The van der Waals surface area contributed by atoms with E-state index in [1.165, 1.54) is 30.6 Å². The van der Waals surface area contributed by atoms with Gasteiger partial charge in [-0.1, -0.05) is 32.4 Å². The fourth-order valence-corrected chi connectivity index (χ4v) is 4.32. The van der Waals surface area contributed by atoms with E-state index >= 15 is 0 Å². The van der Waals surface area contributed by atoms with Gasteiger partial charge >= 0.3 is 0 Å². The molecule has 1 aliphatic rings. The van der Waals surface area contributed by atoms with Gasteiger partial charge in [-0.05, 0) is 55.0 Å². The summed E-state index contributed by atoms with van der Waals surface area (Å²) in [7, 11) is 0. The predicted molar refractivity (Wildman–Crippen MR) is 81.5 cm³/mol. The highest BCUT2D eigenvalue weighted by molar-refractivity contribution is 7.10. The Balaban J connectivity index is 2.10. The van der Waals surface area contributed by atoms with Crippen LogP contribution in [0.25, 0.3) is 0 Å². The molecule has 1 unspecified atom stereocenters. The molecule has 0 saturated heterocycles. The Morgan fingerprint density at radius 3 is 2.61 bits per heavy atom. The number of halogens is 1. The average molecular weight is 286 g/mol. The lowest BCUT2D eigenvalue weighted by Crippen LogP contribution is -2.32. The van der Waals surface area contributed by atoms with Crippen LogP contribution < -0.4 is 5.32 Å². The molecule has 3 heteroatoms. The van der Waals surface area contributed by atoms with Crippen LogP contribution in [0.5, 0.6) is 0 Å². The molecule has 2 rings (SSSR count). The maximum absolute atomic E-state index is 6.32. The molecular weight excluding hydrogens is 262 g/mol. The zero-order valence-electron chi connectivity index (χ0n) is 11.6. The van der Waals surface area contributed by atoms with Crippen molar-refractivity contribution in [1.82, 2.24) is 5.32 Å². The van der Waals surface area contributed by atoms with E-state index in [1.54, 1.807) is 11.3 Å². The molecule has 1 fully saturated rings. The Labute approximate surface area is 120 Å². The van der Waals surface area contributed by atoms with Crippen LogP contribution in [0.3, 0.4) is 0 Å². The molecule has 102 valence electrons. The number of hydrogen-bond donors (Lipinski definition) is 1. The Hall–Kier alpha value is -0.0500. The van der Waals surface area contributed by atoms with Crippen molar-refractivity contribution in [3.8, 4) is 0 Å². The molecule has 1 nitrogen and oxygen atoms in total. The van der Waals surface area contributed by atoms with E-state index < -0.39 is 0 Å². The topological polar surface area (TPSA) is 12.0 Å². The van der Waals surface area contributed by atoms with Crippen molar-refractivity contribution in [3.63, 3.8) is 0 Å². The number of thiophene rings is 1. The molecular formula is C15H24ClNS. The Morgan fingerprint density at radius 1 is 1.44 bits per heavy atom. The van der Waals surface area contributed by atoms with Crippen LogP contribution in [0.1, 0.15) is 57.4 Å². The molecule has 1 aromatic heterocycles. The Bertz CT molecular complexity index is 376. The lowest BCUT2D eigenvalue weighted by molar-refractivity contribution is 0.163. The lowest BCUT2D eigenvalue weighted by Gasteiger charge is -2.38. The summed E-state index contributed by atoms with van der Waals surface area (Å²) < 4.78 is 0. The summed E-state index contributed by atoms with van der Waals surface area (Å²) >= 11 is 8.11. The monoisotopic (exact) mass is 285 g/mol. The minimum Gasteiger partial charge on any atom is -0.309 e. The molecule has 18 heavy (non-hydrogen) atoms. The summed E-state index contributed by atoms with van der Waals surface area (Å²) in [5.74, 6) is 0.745. The van der Waals surface area contributed by atoms with Crippen molar-refractivity contribution in [2.75, 3.05) is 6.54 Å². The lowest BCUT2D eigenvalue weighted by atomic mass is 9.71. The standard InChI is InChI=1S/C15H24ClNS/c1-4-17-13(14-12(16)7-10-18-14)11-5-8-15(2,3)9-6-11/h7,10-11,13,17H,4-6,8-9H2,1-3H3. The minimum absolute atomic E-state index is 0.457. The average Bonchev–Trinajstić information content (AvgIpc) is 2.73. The van der Waals surface area contributed by atoms with Gasteiger partial charge in [0.1, 0.15) is 0 Å². The summed E-state index contributed by atoms with van der Waals surface area (Å²) in [6.45, 7) is 7.98. The third kappa shape index (κ3) is 3.28. The molecule has 0 bridgehead atoms. The zero-order valence-corrected chi connectivity index (χ0v) is 13.2. The Kier molecular flexibility index (Phi) is 4.74. The molecule has 1 aliphatic carbocycles. The third-order valence-corrected chi connectivity index (χ3v) is 5.65. The van der Waals surface area contributed by atoms with Crippen molar-refractivity contribution in [3.05, 3.63) is 21.3 Å². The second-order valence-corrected chi connectivity index (χ2v) is 7.52. The van der Waals surface area contributed by atoms with Gasteiger partial charge in [-0.2, -0.15) is 0 Å². The van der Waals surface area contributed by atoms with Gasteiger partial charge in [0.2, 0.25) is 0 Å². The van der Waals surface area contributed by atoms with Crippen LogP contribution in [0.2, 0.25) is 5.02 Å². The summed E-state index contributed by atoms with van der Waals surface area (Å²) in [5, 5.41) is 6.70. The molecule has 1 atom stereocenters. The van der Waals surface area contributed by atoms with Gasteiger partial charge in [0.05, 0.1) is 5.02 Å². The first kappa shape index (κ1) is 14.4. The predicted octanol–water partition coefficient (Wildman–Crippen LogP) is 5.27. The van der Waals surface area contributed by atoms with Crippen molar-refractivity contribution in [1.29, 1.82) is 0 Å². The molecule has 0 radical (unpaired) electrons. The first-order valence-electron chi connectivity index (χ1n) is 7.00. The van der Waals surface area contributed by atoms with Crippen LogP contribution in [-0.4, -0.2) is 6.54 Å². The maximum atomic E-state index is 6.32. The largest absolute Gasteiger partial charge is 0.309 e. The van der Waals surface area contributed by atoms with Crippen LogP contribution >= 0.6 is 22.9 Å². The SMILES string of the molecule is CCNC(c1sccc1Cl)C1CCC(C)(C)CC1. The molecule has 0 aliphatic heterocycles. The van der Waals surface area contributed by atoms with Gasteiger partial charge in [-0.25, -0.2) is 0 Å². The highest BCUT2D eigenvalue weighted by Gasteiger charge is 2.32. The summed E-state index contributed by atoms with van der Waals surface area (Å²) in [5.41, 5.74) is 0.534. The highest BCUT2D eigenvalue weighted by atomic mass is 35.5. The van der Waals surface area contributed by atoms with Gasteiger partial charge in [0, 0.05) is 10.9 Å². The first-order valence-corrected chi connectivity index (χ1v) is 8.25. The molecule has 1 aromatic rings. The second-order valence-electron chi connectivity index (χ2n) is 6.17. The van der Waals surface area contributed by atoms with Gasteiger partial charge in [0.15, 0.2) is 0 Å². The number of hydrogen-bond acceptors (Lipinski definition) is 2. The van der Waals surface area contributed by atoms with E-state index in [9.17, 15) is 0 Å². The molecule has 0 amide bonds. The normalized spacial score (nSPS) is 22.0. The second kappa shape index (κ2) is 5.94. The van der Waals surface area contributed by atoms with Crippen LogP contribution in [0.15, 0.2) is 11.4 Å². The summed E-state index contributed by atoms with van der Waals surface area (Å²) in [4.78, 5) is 1.34. The number of rotatable bonds is 4. The maximum Gasteiger partial charge on any atom is 0.0561 e. The van der Waals surface area contributed by atoms with Gasteiger partial charge < -0.3 is 5.32 Å². The fraction of sp³-hybridized carbons (Fsp3) is 0.733. The van der Waals surface area contributed by atoms with Crippen molar-refractivity contribution in [2.45, 2.75) is 52.5 Å². The minimum atomic E-state index is 0.457. The van der Waals surface area contributed by atoms with E-state index in [-0.39, 0.29) is 0 Å². The number of nitrogens with one attached hydrogen (secondary N) is 1. The Morgan fingerprint density at radius 2 is 2.11 bits per heavy atom. The van der Waals surface area contributed by atoms with Gasteiger partial charge in [-0.3, -0.25) is 0 Å². The third-order valence-electron chi connectivity index (χ3n) is 4.21. The zero-order chi connectivity index (χ0) is 13.2. The van der Waals surface area contributed by atoms with Crippen molar-refractivity contribution in [2.24, 2.45) is 11.3 Å². The quantitative estimate of drug-likeness (QED) is 0.795. The van der Waals surface area contributed by atoms with E-state index in [0.29, 0.717) is 11.5 Å². The van der Waals surface area contributed by atoms with Crippen molar-refractivity contribution >= 4 is 22.9 Å². The van der Waals surface area contributed by atoms with Gasteiger partial charge in [-0.15, -0.1) is 11.3 Å². The van der Waals surface area contributed by atoms with E-state index in [0.717, 1.165) is 17.5 Å². The van der Waals surface area contributed by atoms with E-state index in [4.69, 9.17) is 11.6 Å². The molecule has 0 spiro atoms. The highest BCUT2D eigenvalue weighted by Crippen LogP contribution is 2.44. The van der Waals surface area contributed by atoms with Crippen molar-refractivity contribution < 1.29 is 0 Å². The summed E-state index contributed by atoms with van der Waals surface area (Å²) in [6.07, 6.45) is 5.31. The van der Waals surface area contributed by atoms with E-state index in [2.05, 4.69) is 31.5 Å². The van der Waals surface area contributed by atoms with Gasteiger partial charge in [0.25, 0.3) is 0 Å². The fourth-order valence-electron chi connectivity index (χ4n) is 2.98. The first-order chi connectivity index (χ1) is 8.53. The summed E-state index contributed by atoms with van der Waals surface area (Å²) in [6, 6.07) is 2.48. The molecule has 1 saturated carbocycles. The molecule has 0 aromatic carbocycles. The molecule has 1 heterocycles.